The summed E-state index contributed by atoms with van der Waals surface area (Å²) in [7, 11) is 4.05. The Morgan fingerprint density at radius 2 is 1.93 bits per heavy atom. The number of carbonyl (C=O) groups excluding carboxylic acids is 1. The number of nitrogens with one attached hydrogen (secondary N) is 2. The van der Waals surface area contributed by atoms with Crippen molar-refractivity contribution in [2.75, 3.05) is 37.5 Å². The number of ether oxygens (including phenoxy) is 1. The molecule has 0 bridgehead atoms. The van der Waals surface area contributed by atoms with Crippen molar-refractivity contribution < 1.29 is 19.7 Å². The molecule has 2 atom stereocenters. The van der Waals surface area contributed by atoms with Gasteiger partial charge in [-0.05, 0) is 49.6 Å². The van der Waals surface area contributed by atoms with Gasteiger partial charge in [-0.25, -0.2) is 0 Å². The van der Waals surface area contributed by atoms with E-state index < -0.39 is 6.10 Å². The van der Waals surface area contributed by atoms with Gasteiger partial charge in [-0.15, -0.1) is 0 Å². The second kappa shape index (κ2) is 9.15. The van der Waals surface area contributed by atoms with Crippen LogP contribution in [0.3, 0.4) is 0 Å². The molecule has 0 fully saturated rings. The number of anilines is 2. The van der Waals surface area contributed by atoms with E-state index in [0.717, 1.165) is 12.8 Å². The maximum Gasteiger partial charge on any atom is 0.262 e. The van der Waals surface area contributed by atoms with Crippen LogP contribution in [0.4, 0.5) is 11.4 Å². The maximum absolute atomic E-state index is 11.5. The standard InChI is InChI=1S/C22H29N3O4/c1-14(4-5-15-6-8-16(9-7-15)25(2)3)23-12-19(27)17-10-11-18(26)21-22(17)29-13-20(28)24-21/h6-11,14,19,23,26-27H,4-5,12-13H2,1-3H3,(H,24,28). The number of carbonyl (C=O) groups is 1. The van der Waals surface area contributed by atoms with E-state index >= 15 is 0 Å². The zero-order valence-corrected chi connectivity index (χ0v) is 17.1. The molecule has 2 aromatic carbocycles. The predicted octanol–water partition coefficient (Wildman–Crippen LogP) is 2.43. The van der Waals surface area contributed by atoms with E-state index in [2.05, 4.69) is 46.7 Å². The van der Waals surface area contributed by atoms with Crippen molar-refractivity contribution in [1.82, 2.24) is 5.32 Å². The highest BCUT2D eigenvalue weighted by atomic mass is 16.5. The highest BCUT2D eigenvalue weighted by Crippen LogP contribution is 2.41. The number of hydrogen-bond donors (Lipinski definition) is 4. The molecule has 0 saturated carbocycles. The minimum atomic E-state index is -0.818. The van der Waals surface area contributed by atoms with E-state index in [1.807, 2.05) is 14.1 Å². The van der Waals surface area contributed by atoms with E-state index in [0.29, 0.717) is 17.9 Å². The third-order valence-corrected chi connectivity index (χ3v) is 5.12. The van der Waals surface area contributed by atoms with Crippen molar-refractivity contribution in [1.29, 1.82) is 0 Å². The topological polar surface area (TPSA) is 94.1 Å². The molecule has 0 spiro atoms. The smallest absolute Gasteiger partial charge is 0.262 e. The van der Waals surface area contributed by atoms with Crippen LogP contribution in [0.1, 0.15) is 30.6 Å². The van der Waals surface area contributed by atoms with Crippen LogP contribution in [0.25, 0.3) is 0 Å². The Morgan fingerprint density at radius 3 is 2.62 bits per heavy atom. The molecule has 2 aromatic rings. The van der Waals surface area contributed by atoms with Gasteiger partial charge in [0, 0.05) is 37.9 Å². The molecule has 0 aromatic heterocycles. The fraction of sp³-hybridized carbons (Fsp3) is 0.409. The van der Waals surface area contributed by atoms with Gasteiger partial charge in [0.15, 0.2) is 12.4 Å². The van der Waals surface area contributed by atoms with E-state index in [-0.39, 0.29) is 30.0 Å². The van der Waals surface area contributed by atoms with Gasteiger partial charge >= 0.3 is 0 Å². The maximum atomic E-state index is 11.5. The lowest BCUT2D eigenvalue weighted by Gasteiger charge is -2.24. The fourth-order valence-electron chi connectivity index (χ4n) is 3.31. The molecule has 4 N–H and O–H groups in total. The Morgan fingerprint density at radius 1 is 1.21 bits per heavy atom. The summed E-state index contributed by atoms with van der Waals surface area (Å²) < 4.78 is 5.44. The molecule has 0 aliphatic carbocycles. The van der Waals surface area contributed by atoms with Crippen LogP contribution in [0.5, 0.6) is 11.5 Å². The predicted molar refractivity (Wildman–Crippen MR) is 114 cm³/mol. The molecule has 2 unspecified atom stereocenters. The third kappa shape index (κ3) is 5.19. The molecule has 7 nitrogen and oxygen atoms in total. The summed E-state index contributed by atoms with van der Waals surface area (Å²) in [6.45, 7) is 2.30. The summed E-state index contributed by atoms with van der Waals surface area (Å²) in [5.74, 6) is -0.0806. The first kappa shape index (κ1) is 21.0. The Bertz CT molecular complexity index is 852. The molecule has 1 aliphatic rings. The molecule has 7 heteroatoms. The number of fused-ring (bicyclic) bond motifs is 1. The van der Waals surface area contributed by atoms with E-state index in [1.165, 1.54) is 17.3 Å². The monoisotopic (exact) mass is 399 g/mol. The fourth-order valence-corrected chi connectivity index (χ4v) is 3.31. The quantitative estimate of drug-likeness (QED) is 0.510. The number of hydrogen-bond acceptors (Lipinski definition) is 6. The van der Waals surface area contributed by atoms with Gasteiger partial charge in [-0.1, -0.05) is 12.1 Å². The number of amides is 1. The van der Waals surface area contributed by atoms with Gasteiger partial charge in [0.25, 0.3) is 5.91 Å². The summed E-state index contributed by atoms with van der Waals surface area (Å²) in [6, 6.07) is 11.8. The van der Waals surface area contributed by atoms with E-state index in [4.69, 9.17) is 4.74 Å². The number of aliphatic hydroxyl groups is 1. The first-order valence-electron chi connectivity index (χ1n) is 9.81. The molecule has 29 heavy (non-hydrogen) atoms. The van der Waals surface area contributed by atoms with Gasteiger partial charge in [0.2, 0.25) is 0 Å². The summed E-state index contributed by atoms with van der Waals surface area (Å²) in [4.78, 5) is 13.6. The minimum Gasteiger partial charge on any atom is -0.506 e. The summed E-state index contributed by atoms with van der Waals surface area (Å²) in [6.07, 6.45) is 1.07. The first-order chi connectivity index (χ1) is 13.8. The molecule has 0 radical (unpaired) electrons. The van der Waals surface area contributed by atoms with Crippen LogP contribution in [0.2, 0.25) is 0 Å². The van der Waals surface area contributed by atoms with Gasteiger partial charge in [-0.3, -0.25) is 4.79 Å². The lowest BCUT2D eigenvalue weighted by molar-refractivity contribution is -0.118. The first-order valence-corrected chi connectivity index (χ1v) is 9.81. The van der Waals surface area contributed by atoms with Crippen molar-refractivity contribution in [3.8, 4) is 11.5 Å². The molecule has 3 rings (SSSR count). The largest absolute Gasteiger partial charge is 0.506 e. The van der Waals surface area contributed by atoms with E-state index in [9.17, 15) is 15.0 Å². The summed E-state index contributed by atoms with van der Waals surface area (Å²) in [5.41, 5.74) is 3.21. The lowest BCUT2D eigenvalue weighted by Crippen LogP contribution is -2.32. The van der Waals surface area contributed by atoms with Crippen LogP contribution in [0.15, 0.2) is 36.4 Å². The normalized spacial score (nSPS) is 15.1. The van der Waals surface area contributed by atoms with Crippen molar-refractivity contribution in [2.45, 2.75) is 31.9 Å². The second-order valence-electron chi connectivity index (χ2n) is 7.64. The second-order valence-corrected chi connectivity index (χ2v) is 7.64. The van der Waals surface area contributed by atoms with Crippen molar-refractivity contribution in [3.63, 3.8) is 0 Å². The number of phenolic OH excluding ortho intramolecular Hbond substituents is 1. The van der Waals surface area contributed by atoms with Crippen LogP contribution in [-0.4, -0.2) is 49.4 Å². The van der Waals surface area contributed by atoms with Crippen molar-refractivity contribution in [2.24, 2.45) is 0 Å². The van der Waals surface area contributed by atoms with Gasteiger partial charge < -0.3 is 30.5 Å². The van der Waals surface area contributed by atoms with Crippen molar-refractivity contribution >= 4 is 17.3 Å². The Balaban J connectivity index is 1.53. The number of phenols is 1. The van der Waals surface area contributed by atoms with Crippen LogP contribution in [0, 0.1) is 0 Å². The zero-order chi connectivity index (χ0) is 21.0. The molecular formula is C22H29N3O4. The van der Waals surface area contributed by atoms with Gasteiger partial charge in [0.05, 0.1) is 6.10 Å². The Kier molecular flexibility index (Phi) is 6.61. The van der Waals surface area contributed by atoms with Gasteiger partial charge in [0.1, 0.15) is 11.4 Å². The number of aromatic hydroxyl groups is 1. The van der Waals surface area contributed by atoms with Crippen LogP contribution < -0.4 is 20.3 Å². The highest BCUT2D eigenvalue weighted by Gasteiger charge is 2.25. The molecule has 1 heterocycles. The van der Waals surface area contributed by atoms with Gasteiger partial charge in [-0.2, -0.15) is 0 Å². The summed E-state index contributed by atoms with van der Waals surface area (Å²) in [5, 5.41) is 26.5. The van der Waals surface area contributed by atoms with Crippen molar-refractivity contribution in [3.05, 3.63) is 47.5 Å². The van der Waals surface area contributed by atoms with Crippen LogP contribution in [-0.2, 0) is 11.2 Å². The third-order valence-electron chi connectivity index (χ3n) is 5.12. The summed E-state index contributed by atoms with van der Waals surface area (Å²) >= 11 is 0. The number of rotatable bonds is 8. The zero-order valence-electron chi connectivity index (χ0n) is 17.1. The average molecular weight is 399 g/mol. The molecular weight excluding hydrogens is 370 g/mol. The molecule has 1 amide bonds. The van der Waals surface area contributed by atoms with Crippen LogP contribution >= 0.6 is 0 Å². The Labute approximate surface area is 171 Å². The number of aliphatic hydroxyl groups excluding tert-OH is 1. The molecule has 1 aliphatic heterocycles. The minimum absolute atomic E-state index is 0.0781. The lowest BCUT2D eigenvalue weighted by atomic mass is 10.0. The number of nitrogens with zero attached hydrogens (tertiary/aromatic N) is 1. The number of benzene rings is 2. The highest BCUT2D eigenvalue weighted by molar-refractivity contribution is 5.97. The SMILES string of the molecule is CC(CCc1ccc(N(C)C)cc1)NCC(O)c1ccc(O)c2c1OCC(=O)N2. The van der Waals surface area contributed by atoms with E-state index in [1.54, 1.807) is 6.07 Å². The molecule has 156 valence electrons. The number of aryl methyl sites for hydroxylation is 1. The average Bonchev–Trinajstić information content (AvgIpc) is 2.71. The Hall–Kier alpha value is -2.77. The molecule has 0 saturated heterocycles.